The lowest BCUT2D eigenvalue weighted by Crippen LogP contribution is -2.52. The van der Waals surface area contributed by atoms with Crippen LogP contribution in [0.4, 0.5) is 5.69 Å². The molecule has 2 aromatic rings. The van der Waals surface area contributed by atoms with Gasteiger partial charge in [0, 0.05) is 24.3 Å². The molecule has 5 heteroatoms. The Morgan fingerprint density at radius 3 is 2.30 bits per heavy atom. The van der Waals surface area contributed by atoms with Crippen molar-refractivity contribution in [2.75, 3.05) is 31.6 Å². The Bertz CT molecular complexity index is 698. The molecule has 3 rings (SSSR count). The maximum Gasteiger partial charge on any atom is 0.254 e. The monoisotopic (exact) mass is 310 g/mol. The third-order valence-corrected chi connectivity index (χ3v) is 3.91. The number of hydrogen-bond donors (Lipinski definition) is 0. The molecule has 1 aliphatic rings. The Labute approximate surface area is 135 Å². The summed E-state index contributed by atoms with van der Waals surface area (Å²) in [6.07, 6.45) is 0. The number of benzene rings is 2. The third kappa shape index (κ3) is 3.18. The molecule has 23 heavy (non-hydrogen) atoms. The van der Waals surface area contributed by atoms with Crippen LogP contribution in [0.15, 0.2) is 54.6 Å². The molecule has 0 aromatic heterocycles. The molecule has 0 unspecified atom stereocenters. The molecule has 0 spiro atoms. The van der Waals surface area contributed by atoms with Crippen LogP contribution in [0.1, 0.15) is 10.4 Å². The molecular weight excluding hydrogens is 292 g/mol. The zero-order valence-corrected chi connectivity index (χ0v) is 12.9. The molecule has 2 aromatic carbocycles. The minimum Gasteiger partial charge on any atom is -0.497 e. The van der Waals surface area contributed by atoms with Crippen molar-refractivity contribution in [1.29, 1.82) is 0 Å². The summed E-state index contributed by atoms with van der Waals surface area (Å²) in [5.41, 5.74) is 1.43. The quantitative estimate of drug-likeness (QED) is 0.873. The zero-order chi connectivity index (χ0) is 16.2. The first kappa shape index (κ1) is 15.1. The highest BCUT2D eigenvalue weighted by Crippen LogP contribution is 2.18. The molecule has 1 heterocycles. The van der Waals surface area contributed by atoms with Gasteiger partial charge in [0.25, 0.3) is 5.91 Å². The largest absolute Gasteiger partial charge is 0.497 e. The van der Waals surface area contributed by atoms with Gasteiger partial charge in [-0.3, -0.25) is 9.59 Å². The number of ether oxygens (including phenoxy) is 1. The maximum absolute atomic E-state index is 12.5. The van der Waals surface area contributed by atoms with E-state index in [1.54, 1.807) is 41.2 Å². The minimum atomic E-state index is -0.131. The van der Waals surface area contributed by atoms with E-state index in [9.17, 15) is 9.59 Å². The average molecular weight is 310 g/mol. The summed E-state index contributed by atoms with van der Waals surface area (Å²) in [6, 6.07) is 16.4. The normalized spacial score (nSPS) is 14.7. The fraction of sp³-hybridized carbons (Fsp3) is 0.222. The fourth-order valence-electron chi connectivity index (χ4n) is 2.64. The van der Waals surface area contributed by atoms with Gasteiger partial charge in [-0.15, -0.1) is 0 Å². The fourth-order valence-corrected chi connectivity index (χ4v) is 2.64. The third-order valence-electron chi connectivity index (χ3n) is 3.91. The molecular formula is C18H18N2O3. The van der Waals surface area contributed by atoms with Crippen molar-refractivity contribution in [1.82, 2.24) is 4.90 Å². The highest BCUT2D eigenvalue weighted by Gasteiger charge is 2.28. The summed E-state index contributed by atoms with van der Waals surface area (Å²) < 4.78 is 5.09. The molecule has 1 aliphatic heterocycles. The van der Waals surface area contributed by atoms with E-state index in [1.165, 1.54) is 0 Å². The SMILES string of the molecule is COc1ccc(C(=O)N2CCN(c3ccccc3)C(=O)C2)cc1. The molecule has 0 bridgehead atoms. The number of carbonyl (C=O) groups is 2. The summed E-state index contributed by atoms with van der Waals surface area (Å²) in [5, 5.41) is 0. The number of para-hydroxylation sites is 1. The topological polar surface area (TPSA) is 49.9 Å². The van der Waals surface area contributed by atoms with Crippen molar-refractivity contribution < 1.29 is 14.3 Å². The second kappa shape index (κ2) is 6.52. The van der Waals surface area contributed by atoms with E-state index >= 15 is 0 Å². The Morgan fingerprint density at radius 2 is 1.70 bits per heavy atom. The standard InChI is InChI=1S/C18H18N2O3/c1-23-16-9-7-14(8-10-16)18(22)19-11-12-20(17(21)13-19)15-5-3-2-4-6-15/h2-10H,11-13H2,1H3. The molecule has 118 valence electrons. The molecule has 2 amide bonds. The van der Waals surface area contributed by atoms with Crippen molar-refractivity contribution in [3.05, 3.63) is 60.2 Å². The number of methoxy groups -OCH3 is 1. The van der Waals surface area contributed by atoms with Crippen LogP contribution in [-0.2, 0) is 4.79 Å². The Kier molecular flexibility index (Phi) is 4.28. The summed E-state index contributed by atoms with van der Waals surface area (Å²) in [7, 11) is 1.58. The van der Waals surface area contributed by atoms with Gasteiger partial charge < -0.3 is 14.5 Å². The van der Waals surface area contributed by atoms with Gasteiger partial charge >= 0.3 is 0 Å². The van der Waals surface area contributed by atoms with Crippen molar-refractivity contribution in [3.63, 3.8) is 0 Å². The number of anilines is 1. The highest BCUT2D eigenvalue weighted by atomic mass is 16.5. The van der Waals surface area contributed by atoms with Crippen LogP contribution >= 0.6 is 0 Å². The maximum atomic E-state index is 12.5. The van der Waals surface area contributed by atoms with Crippen LogP contribution in [0.3, 0.4) is 0 Å². The van der Waals surface area contributed by atoms with Crippen LogP contribution in [-0.4, -0.2) is 43.5 Å². The Balaban J connectivity index is 1.69. The molecule has 0 saturated carbocycles. The van der Waals surface area contributed by atoms with Crippen molar-refractivity contribution >= 4 is 17.5 Å². The van der Waals surface area contributed by atoms with Gasteiger partial charge in [-0.2, -0.15) is 0 Å². The van der Waals surface area contributed by atoms with Gasteiger partial charge in [-0.1, -0.05) is 18.2 Å². The van der Waals surface area contributed by atoms with Gasteiger partial charge in [-0.05, 0) is 36.4 Å². The van der Waals surface area contributed by atoms with Gasteiger partial charge in [-0.25, -0.2) is 0 Å². The number of amides is 2. The van der Waals surface area contributed by atoms with E-state index < -0.39 is 0 Å². The van der Waals surface area contributed by atoms with E-state index in [4.69, 9.17) is 4.74 Å². The van der Waals surface area contributed by atoms with Crippen LogP contribution in [0, 0.1) is 0 Å². The lowest BCUT2D eigenvalue weighted by molar-refractivity contribution is -0.120. The summed E-state index contributed by atoms with van der Waals surface area (Å²) in [5.74, 6) is 0.504. The summed E-state index contributed by atoms with van der Waals surface area (Å²) in [6.45, 7) is 1.12. The van der Waals surface area contributed by atoms with Crippen LogP contribution in [0.25, 0.3) is 0 Å². The molecule has 0 radical (unpaired) electrons. The van der Waals surface area contributed by atoms with E-state index in [1.807, 2.05) is 30.3 Å². The molecule has 0 atom stereocenters. The number of piperazine rings is 1. The average Bonchev–Trinajstić information content (AvgIpc) is 2.62. The van der Waals surface area contributed by atoms with E-state index in [-0.39, 0.29) is 18.4 Å². The van der Waals surface area contributed by atoms with Crippen molar-refractivity contribution in [2.24, 2.45) is 0 Å². The van der Waals surface area contributed by atoms with E-state index in [0.717, 1.165) is 5.69 Å². The molecule has 5 nitrogen and oxygen atoms in total. The van der Waals surface area contributed by atoms with Crippen molar-refractivity contribution in [3.8, 4) is 5.75 Å². The molecule has 0 N–H and O–H groups in total. The predicted molar refractivity (Wildman–Crippen MR) is 87.7 cm³/mol. The van der Waals surface area contributed by atoms with E-state index in [0.29, 0.717) is 24.4 Å². The number of carbonyl (C=O) groups excluding carboxylic acids is 2. The predicted octanol–water partition coefficient (Wildman–Crippen LogP) is 2.18. The molecule has 1 saturated heterocycles. The summed E-state index contributed by atoms with van der Waals surface area (Å²) in [4.78, 5) is 28.2. The van der Waals surface area contributed by atoms with Gasteiger partial charge in [0.05, 0.1) is 7.11 Å². The van der Waals surface area contributed by atoms with E-state index in [2.05, 4.69) is 0 Å². The Hall–Kier alpha value is -2.82. The smallest absolute Gasteiger partial charge is 0.254 e. The lowest BCUT2D eigenvalue weighted by Gasteiger charge is -2.34. The number of nitrogens with zero attached hydrogens (tertiary/aromatic N) is 2. The first-order valence-electron chi connectivity index (χ1n) is 7.48. The van der Waals surface area contributed by atoms with Gasteiger partial charge in [0.15, 0.2) is 0 Å². The van der Waals surface area contributed by atoms with Gasteiger partial charge in [0.2, 0.25) is 5.91 Å². The zero-order valence-electron chi connectivity index (χ0n) is 12.9. The molecule has 1 fully saturated rings. The van der Waals surface area contributed by atoms with Crippen molar-refractivity contribution in [2.45, 2.75) is 0 Å². The first-order chi connectivity index (χ1) is 11.2. The lowest BCUT2D eigenvalue weighted by atomic mass is 10.1. The van der Waals surface area contributed by atoms with Crippen LogP contribution in [0.5, 0.6) is 5.75 Å². The second-order valence-corrected chi connectivity index (χ2v) is 5.34. The van der Waals surface area contributed by atoms with Crippen LogP contribution < -0.4 is 9.64 Å². The summed E-state index contributed by atoms with van der Waals surface area (Å²) >= 11 is 0. The first-order valence-corrected chi connectivity index (χ1v) is 7.48. The number of rotatable bonds is 3. The highest BCUT2D eigenvalue weighted by molar-refractivity contribution is 6.01. The minimum absolute atomic E-state index is 0.0655. The Morgan fingerprint density at radius 1 is 1.00 bits per heavy atom. The van der Waals surface area contributed by atoms with Crippen LogP contribution in [0.2, 0.25) is 0 Å². The second-order valence-electron chi connectivity index (χ2n) is 5.34. The number of hydrogen-bond acceptors (Lipinski definition) is 3. The van der Waals surface area contributed by atoms with Gasteiger partial charge in [0.1, 0.15) is 12.3 Å². The molecule has 0 aliphatic carbocycles.